The van der Waals surface area contributed by atoms with Gasteiger partial charge in [0.05, 0.1) is 22.8 Å². The van der Waals surface area contributed by atoms with Gasteiger partial charge in [-0.15, -0.1) is 0 Å². The summed E-state index contributed by atoms with van der Waals surface area (Å²) in [5, 5.41) is 20.1. The van der Waals surface area contributed by atoms with E-state index in [2.05, 4.69) is 15.5 Å². The fourth-order valence-corrected chi connectivity index (χ4v) is 1.56. The Morgan fingerprint density at radius 3 is 2.88 bits per heavy atom. The molecule has 2 rings (SSSR count). The van der Waals surface area contributed by atoms with Gasteiger partial charge in [0, 0.05) is 11.9 Å². The van der Waals surface area contributed by atoms with Gasteiger partial charge in [0.25, 0.3) is 0 Å². The molecule has 0 atom stereocenters. The molecule has 0 bridgehead atoms. The van der Waals surface area contributed by atoms with Crippen LogP contribution in [-0.2, 0) is 6.54 Å². The number of halogens is 1. The van der Waals surface area contributed by atoms with E-state index >= 15 is 0 Å². The lowest BCUT2D eigenvalue weighted by Crippen LogP contribution is -2.02. The highest BCUT2D eigenvalue weighted by Gasteiger charge is 2.01. The molecule has 0 fully saturated rings. The molecule has 0 amide bonds. The number of nitriles is 1. The first-order chi connectivity index (χ1) is 8.29. The highest BCUT2D eigenvalue weighted by atomic mass is 35.5. The Morgan fingerprint density at radius 1 is 1.35 bits per heavy atom. The molecule has 0 unspecified atom stereocenters. The van der Waals surface area contributed by atoms with Gasteiger partial charge in [0.15, 0.2) is 0 Å². The zero-order valence-corrected chi connectivity index (χ0v) is 9.65. The topological polar surface area (TPSA) is 61.6 Å². The van der Waals surface area contributed by atoms with Gasteiger partial charge < -0.3 is 5.32 Å². The highest BCUT2D eigenvalue weighted by molar-refractivity contribution is 6.32. The van der Waals surface area contributed by atoms with Crippen molar-refractivity contribution in [2.45, 2.75) is 6.54 Å². The maximum atomic E-state index is 8.74. The molecule has 17 heavy (non-hydrogen) atoms. The molecule has 0 saturated heterocycles. The summed E-state index contributed by atoms with van der Waals surface area (Å²) in [5.74, 6) is 0. The van der Waals surface area contributed by atoms with Crippen molar-refractivity contribution in [3.05, 3.63) is 52.8 Å². The third-order valence-corrected chi connectivity index (χ3v) is 2.50. The maximum absolute atomic E-state index is 8.74. The van der Waals surface area contributed by atoms with Crippen molar-refractivity contribution in [3.63, 3.8) is 0 Å². The summed E-state index contributed by atoms with van der Waals surface area (Å²) in [5.41, 5.74) is 2.16. The molecular formula is C12H9ClN4. The van der Waals surface area contributed by atoms with Crippen molar-refractivity contribution in [1.29, 1.82) is 5.26 Å². The number of nitrogens with one attached hydrogen (secondary N) is 1. The molecule has 4 nitrogen and oxygen atoms in total. The van der Waals surface area contributed by atoms with E-state index in [-0.39, 0.29) is 0 Å². The van der Waals surface area contributed by atoms with Gasteiger partial charge in [-0.05, 0) is 30.3 Å². The second-order valence-electron chi connectivity index (χ2n) is 3.37. The lowest BCUT2D eigenvalue weighted by Gasteiger charge is -2.06. The number of hydrogen-bond acceptors (Lipinski definition) is 4. The first-order valence-corrected chi connectivity index (χ1v) is 5.37. The van der Waals surface area contributed by atoms with Crippen LogP contribution >= 0.6 is 11.6 Å². The molecule has 84 valence electrons. The lowest BCUT2D eigenvalue weighted by atomic mass is 10.2. The Balaban J connectivity index is 2.06. The second-order valence-corrected chi connectivity index (χ2v) is 3.78. The SMILES string of the molecule is N#Cc1ccc(NCc2cccnn2)cc1Cl. The van der Waals surface area contributed by atoms with Crippen LogP contribution in [0.2, 0.25) is 5.02 Å². The minimum atomic E-state index is 0.441. The zero-order valence-electron chi connectivity index (χ0n) is 8.89. The number of rotatable bonds is 3. The van der Waals surface area contributed by atoms with E-state index in [1.165, 1.54) is 0 Å². The molecule has 1 aromatic carbocycles. The molecule has 0 aliphatic carbocycles. The predicted octanol–water partition coefficient (Wildman–Crippen LogP) is 2.61. The molecule has 1 aromatic heterocycles. The van der Waals surface area contributed by atoms with Crippen LogP contribution in [0.5, 0.6) is 0 Å². The zero-order chi connectivity index (χ0) is 12.1. The molecular weight excluding hydrogens is 236 g/mol. The quantitative estimate of drug-likeness (QED) is 0.902. The van der Waals surface area contributed by atoms with Gasteiger partial charge in [-0.25, -0.2) is 0 Å². The van der Waals surface area contributed by atoms with E-state index in [0.29, 0.717) is 17.1 Å². The summed E-state index contributed by atoms with van der Waals surface area (Å²) in [7, 11) is 0. The van der Waals surface area contributed by atoms with E-state index in [4.69, 9.17) is 16.9 Å². The average Bonchev–Trinajstić information content (AvgIpc) is 2.38. The Morgan fingerprint density at radius 2 is 2.24 bits per heavy atom. The van der Waals surface area contributed by atoms with Crippen molar-refractivity contribution in [2.75, 3.05) is 5.32 Å². The van der Waals surface area contributed by atoms with Gasteiger partial charge >= 0.3 is 0 Å². The minimum Gasteiger partial charge on any atom is -0.379 e. The van der Waals surface area contributed by atoms with Crippen LogP contribution in [0.4, 0.5) is 5.69 Å². The normalized spacial score (nSPS) is 9.65. The lowest BCUT2D eigenvalue weighted by molar-refractivity contribution is 0.925. The fourth-order valence-electron chi connectivity index (χ4n) is 1.34. The van der Waals surface area contributed by atoms with E-state index in [1.807, 2.05) is 18.2 Å². The van der Waals surface area contributed by atoms with E-state index < -0.39 is 0 Å². The summed E-state index contributed by atoms with van der Waals surface area (Å²) in [6.07, 6.45) is 1.63. The molecule has 0 aliphatic rings. The summed E-state index contributed by atoms with van der Waals surface area (Å²) in [4.78, 5) is 0. The van der Waals surface area contributed by atoms with Crippen molar-refractivity contribution in [3.8, 4) is 6.07 Å². The fraction of sp³-hybridized carbons (Fsp3) is 0.0833. The standard InChI is InChI=1S/C12H9ClN4/c13-12-6-10(4-3-9(12)7-14)15-8-11-2-1-5-16-17-11/h1-6,15H,8H2. The molecule has 1 N–H and O–H groups in total. The molecule has 2 aromatic rings. The van der Waals surface area contributed by atoms with Gasteiger partial charge in [-0.1, -0.05) is 11.6 Å². The number of nitrogens with zero attached hydrogens (tertiary/aromatic N) is 3. The molecule has 0 saturated carbocycles. The van der Waals surface area contributed by atoms with Crippen LogP contribution in [0, 0.1) is 11.3 Å². The monoisotopic (exact) mass is 244 g/mol. The maximum Gasteiger partial charge on any atom is 0.101 e. The number of hydrogen-bond donors (Lipinski definition) is 1. The van der Waals surface area contributed by atoms with Crippen molar-refractivity contribution in [1.82, 2.24) is 10.2 Å². The first-order valence-electron chi connectivity index (χ1n) is 4.99. The third kappa shape index (κ3) is 2.92. The first kappa shape index (κ1) is 11.4. The van der Waals surface area contributed by atoms with Crippen LogP contribution in [0.1, 0.15) is 11.3 Å². The van der Waals surface area contributed by atoms with Crippen LogP contribution in [0.25, 0.3) is 0 Å². The minimum absolute atomic E-state index is 0.441. The van der Waals surface area contributed by atoms with Crippen LogP contribution in [0.3, 0.4) is 0 Å². The van der Waals surface area contributed by atoms with Gasteiger partial charge in [0.1, 0.15) is 6.07 Å². The van der Waals surface area contributed by atoms with Gasteiger partial charge in [-0.2, -0.15) is 15.5 Å². The summed E-state index contributed by atoms with van der Waals surface area (Å²) >= 11 is 5.92. The summed E-state index contributed by atoms with van der Waals surface area (Å²) in [6, 6.07) is 10.9. The molecule has 0 spiro atoms. The van der Waals surface area contributed by atoms with E-state index in [0.717, 1.165) is 11.4 Å². The Hall–Kier alpha value is -2.12. The Bertz CT molecular complexity index is 548. The van der Waals surface area contributed by atoms with Gasteiger partial charge in [-0.3, -0.25) is 0 Å². The van der Waals surface area contributed by atoms with E-state index in [9.17, 15) is 0 Å². The molecule has 0 aliphatic heterocycles. The molecule has 5 heteroatoms. The Labute approximate surface area is 104 Å². The number of aromatic nitrogens is 2. The van der Waals surface area contributed by atoms with Crippen molar-refractivity contribution < 1.29 is 0 Å². The van der Waals surface area contributed by atoms with Crippen LogP contribution in [0.15, 0.2) is 36.5 Å². The summed E-state index contributed by atoms with van der Waals surface area (Å²) < 4.78 is 0. The largest absolute Gasteiger partial charge is 0.379 e. The van der Waals surface area contributed by atoms with Gasteiger partial charge in [0.2, 0.25) is 0 Å². The smallest absolute Gasteiger partial charge is 0.101 e. The number of anilines is 1. The summed E-state index contributed by atoms with van der Waals surface area (Å²) in [6.45, 7) is 0.566. The predicted molar refractivity (Wildman–Crippen MR) is 65.5 cm³/mol. The van der Waals surface area contributed by atoms with Crippen LogP contribution in [-0.4, -0.2) is 10.2 Å². The number of benzene rings is 1. The van der Waals surface area contributed by atoms with Crippen molar-refractivity contribution >= 4 is 17.3 Å². The Kier molecular flexibility index (Phi) is 3.53. The third-order valence-electron chi connectivity index (χ3n) is 2.19. The molecule has 0 radical (unpaired) electrons. The van der Waals surface area contributed by atoms with Crippen LogP contribution < -0.4 is 5.32 Å². The average molecular weight is 245 g/mol. The van der Waals surface area contributed by atoms with Crippen molar-refractivity contribution in [2.24, 2.45) is 0 Å². The second kappa shape index (κ2) is 5.28. The highest BCUT2D eigenvalue weighted by Crippen LogP contribution is 2.20. The molecule has 1 heterocycles. The van der Waals surface area contributed by atoms with E-state index in [1.54, 1.807) is 24.4 Å².